The molecule has 1 fully saturated rings. The predicted octanol–water partition coefficient (Wildman–Crippen LogP) is 3.31. The summed E-state index contributed by atoms with van der Waals surface area (Å²) in [5.41, 5.74) is 3.04. The van der Waals surface area contributed by atoms with Crippen LogP contribution in [0.5, 0.6) is 11.5 Å². The van der Waals surface area contributed by atoms with Crippen molar-refractivity contribution >= 4 is 40.6 Å². The lowest BCUT2D eigenvalue weighted by atomic mass is 10.1. The lowest BCUT2D eigenvalue weighted by Crippen LogP contribution is -2.43. The van der Waals surface area contributed by atoms with E-state index in [1.807, 2.05) is 18.2 Å². The summed E-state index contributed by atoms with van der Waals surface area (Å²) in [5.74, 6) is 0.598. The molecule has 178 valence electrons. The fourth-order valence-corrected chi connectivity index (χ4v) is 5.04. The van der Waals surface area contributed by atoms with E-state index in [-0.39, 0.29) is 42.7 Å². The number of thioether (sulfide) groups is 1. The summed E-state index contributed by atoms with van der Waals surface area (Å²) in [7, 11) is 3.08. The van der Waals surface area contributed by atoms with Crippen molar-refractivity contribution in [2.75, 3.05) is 38.8 Å². The molecule has 1 atom stereocenters. The smallest absolute Gasteiger partial charge is 0.293 e. The summed E-state index contributed by atoms with van der Waals surface area (Å²) in [6.45, 7) is 2.65. The van der Waals surface area contributed by atoms with Crippen LogP contribution >= 0.6 is 11.8 Å². The maximum atomic E-state index is 12.8. The highest BCUT2D eigenvalue weighted by Crippen LogP contribution is 2.34. The second-order valence-electron chi connectivity index (χ2n) is 8.11. The Bertz CT molecular complexity index is 1150. The minimum Gasteiger partial charge on any atom is -0.493 e. The van der Waals surface area contributed by atoms with Crippen LogP contribution in [0.15, 0.2) is 47.4 Å². The third-order valence-corrected chi connectivity index (χ3v) is 6.81. The molecule has 3 amide bonds. The lowest BCUT2D eigenvalue weighted by Gasteiger charge is -2.24. The zero-order valence-corrected chi connectivity index (χ0v) is 20.2. The van der Waals surface area contributed by atoms with Crippen molar-refractivity contribution in [3.63, 3.8) is 0 Å². The first-order valence-corrected chi connectivity index (χ1v) is 11.8. The van der Waals surface area contributed by atoms with Gasteiger partial charge in [0.05, 0.1) is 25.7 Å². The summed E-state index contributed by atoms with van der Waals surface area (Å²) in [6.07, 6.45) is 2.56. The quantitative estimate of drug-likeness (QED) is 0.579. The molecule has 34 heavy (non-hydrogen) atoms. The summed E-state index contributed by atoms with van der Waals surface area (Å²) in [4.78, 5) is 41.3. The van der Waals surface area contributed by atoms with E-state index < -0.39 is 0 Å². The molecule has 2 heterocycles. The third-order valence-electron chi connectivity index (χ3n) is 5.90. The van der Waals surface area contributed by atoms with E-state index in [4.69, 9.17) is 9.47 Å². The van der Waals surface area contributed by atoms with Crippen LogP contribution in [0.3, 0.4) is 0 Å². The lowest BCUT2D eigenvalue weighted by molar-refractivity contribution is -0.124. The van der Waals surface area contributed by atoms with Gasteiger partial charge < -0.3 is 19.7 Å². The first-order valence-electron chi connectivity index (χ1n) is 11.0. The zero-order chi connectivity index (χ0) is 24.2. The van der Waals surface area contributed by atoms with Crippen LogP contribution in [-0.4, -0.2) is 61.8 Å². The first-order chi connectivity index (χ1) is 16.4. The molecule has 0 aliphatic carbocycles. The number of para-hydroxylation sites is 1. The number of benzene rings is 2. The van der Waals surface area contributed by atoms with Crippen molar-refractivity contribution < 1.29 is 23.9 Å². The fraction of sp³-hybridized carbons (Fsp3) is 0.320. The molecule has 2 aliphatic heterocycles. The highest BCUT2D eigenvalue weighted by molar-refractivity contribution is 8.18. The number of carbonyl (C=O) groups excluding carboxylic acids is 3. The molecule has 2 aliphatic rings. The fourth-order valence-electron chi connectivity index (χ4n) is 4.18. The molecule has 0 spiro atoms. The van der Waals surface area contributed by atoms with Gasteiger partial charge in [-0.05, 0) is 60.5 Å². The van der Waals surface area contributed by atoms with Gasteiger partial charge >= 0.3 is 0 Å². The topological polar surface area (TPSA) is 88.2 Å². The second-order valence-corrected chi connectivity index (χ2v) is 9.10. The highest BCUT2D eigenvalue weighted by atomic mass is 32.2. The van der Waals surface area contributed by atoms with E-state index >= 15 is 0 Å². The Balaban J connectivity index is 1.33. The number of rotatable bonds is 8. The summed E-state index contributed by atoms with van der Waals surface area (Å²) >= 11 is 0.883. The van der Waals surface area contributed by atoms with E-state index in [1.54, 1.807) is 31.4 Å². The normalized spacial score (nSPS) is 18.4. The minimum atomic E-state index is -0.374. The van der Waals surface area contributed by atoms with E-state index in [9.17, 15) is 14.4 Å². The molecule has 8 nitrogen and oxygen atoms in total. The van der Waals surface area contributed by atoms with Crippen molar-refractivity contribution in [2.24, 2.45) is 0 Å². The zero-order valence-electron chi connectivity index (χ0n) is 19.4. The van der Waals surface area contributed by atoms with Gasteiger partial charge in [0.1, 0.15) is 0 Å². The molecule has 0 bridgehead atoms. The van der Waals surface area contributed by atoms with Crippen LogP contribution in [0.25, 0.3) is 6.08 Å². The van der Waals surface area contributed by atoms with E-state index in [0.29, 0.717) is 16.4 Å². The number of anilines is 1. The number of amides is 3. The predicted molar refractivity (Wildman–Crippen MR) is 132 cm³/mol. The van der Waals surface area contributed by atoms with Crippen molar-refractivity contribution in [1.82, 2.24) is 10.2 Å². The van der Waals surface area contributed by atoms with Gasteiger partial charge in [0.15, 0.2) is 11.5 Å². The maximum Gasteiger partial charge on any atom is 0.293 e. The van der Waals surface area contributed by atoms with Gasteiger partial charge in [-0.3, -0.25) is 19.3 Å². The van der Waals surface area contributed by atoms with Crippen molar-refractivity contribution in [1.29, 1.82) is 0 Å². The van der Waals surface area contributed by atoms with Crippen LogP contribution in [0.4, 0.5) is 10.5 Å². The molecule has 0 aromatic heterocycles. The van der Waals surface area contributed by atoms with Crippen LogP contribution in [-0.2, 0) is 16.0 Å². The molecule has 1 N–H and O–H groups in total. The monoisotopic (exact) mass is 481 g/mol. The van der Waals surface area contributed by atoms with Gasteiger partial charge in [-0.25, -0.2) is 0 Å². The van der Waals surface area contributed by atoms with Gasteiger partial charge in [0.2, 0.25) is 5.91 Å². The third kappa shape index (κ3) is 4.89. The van der Waals surface area contributed by atoms with Crippen LogP contribution in [0, 0.1) is 0 Å². The van der Waals surface area contributed by atoms with Crippen molar-refractivity contribution in [3.8, 4) is 11.5 Å². The van der Waals surface area contributed by atoms with Gasteiger partial charge in [0.25, 0.3) is 11.1 Å². The molecule has 9 heteroatoms. The number of methoxy groups -OCH3 is 2. The SMILES string of the molecule is COc1ccc(/C=C2/SC(=O)N(CCNC(=O)CN3c4ccccc4C[C@@H]3C)C2=O)cc1OC. The van der Waals surface area contributed by atoms with Crippen molar-refractivity contribution in [2.45, 2.75) is 19.4 Å². The van der Waals surface area contributed by atoms with Gasteiger partial charge in [0, 0.05) is 24.8 Å². The molecule has 2 aromatic rings. The van der Waals surface area contributed by atoms with Gasteiger partial charge in [-0.15, -0.1) is 0 Å². The number of hydrogen-bond donors (Lipinski definition) is 1. The molecule has 0 saturated carbocycles. The van der Waals surface area contributed by atoms with Crippen LogP contribution in [0.2, 0.25) is 0 Å². The summed E-state index contributed by atoms with van der Waals surface area (Å²) < 4.78 is 10.5. The molecule has 4 rings (SSSR count). The molecule has 2 aromatic carbocycles. The van der Waals surface area contributed by atoms with E-state index in [1.165, 1.54) is 12.7 Å². The molecular weight excluding hydrogens is 454 g/mol. The van der Waals surface area contributed by atoms with E-state index in [0.717, 1.165) is 34.3 Å². The van der Waals surface area contributed by atoms with Gasteiger partial charge in [-0.1, -0.05) is 24.3 Å². The van der Waals surface area contributed by atoms with Crippen molar-refractivity contribution in [3.05, 3.63) is 58.5 Å². The molecular formula is C25H27N3O5S. The number of carbonyl (C=O) groups is 3. The van der Waals surface area contributed by atoms with Gasteiger partial charge in [-0.2, -0.15) is 0 Å². The minimum absolute atomic E-state index is 0.117. The first kappa shape index (κ1) is 23.7. The Morgan fingerprint density at radius 2 is 1.91 bits per heavy atom. The Labute approximate surface area is 202 Å². The molecule has 0 unspecified atom stereocenters. The second kappa shape index (κ2) is 10.2. The summed E-state index contributed by atoms with van der Waals surface area (Å²) in [5, 5.41) is 2.48. The maximum absolute atomic E-state index is 12.8. The average Bonchev–Trinajstić information content (AvgIpc) is 3.29. The molecule has 0 radical (unpaired) electrons. The Morgan fingerprint density at radius 3 is 2.68 bits per heavy atom. The number of fused-ring (bicyclic) bond motifs is 1. The van der Waals surface area contributed by atoms with Crippen LogP contribution in [0.1, 0.15) is 18.1 Å². The standard InChI is InChI=1S/C25H27N3O5S/c1-16-12-18-6-4-5-7-19(18)28(16)15-23(29)26-10-11-27-24(30)22(34-25(27)31)14-17-8-9-20(32-2)21(13-17)33-3/h4-9,13-14,16H,10-12,15H2,1-3H3,(H,26,29)/b22-14+/t16-/m0/s1. The Morgan fingerprint density at radius 1 is 1.15 bits per heavy atom. The van der Waals surface area contributed by atoms with E-state index in [2.05, 4.69) is 23.2 Å². The number of imide groups is 1. The average molecular weight is 482 g/mol. The number of hydrogen-bond acceptors (Lipinski definition) is 7. The summed E-state index contributed by atoms with van der Waals surface area (Å²) in [6, 6.07) is 13.6. The largest absolute Gasteiger partial charge is 0.493 e. The van der Waals surface area contributed by atoms with Crippen LogP contribution < -0.4 is 19.7 Å². The number of nitrogens with one attached hydrogen (secondary N) is 1. The molecule has 1 saturated heterocycles. The highest BCUT2D eigenvalue weighted by Gasteiger charge is 2.35. The Kier molecular flexibility index (Phi) is 7.12. The number of nitrogens with zero attached hydrogens (tertiary/aromatic N) is 2. The number of ether oxygens (including phenoxy) is 2. The Hall–Kier alpha value is -3.46.